The second kappa shape index (κ2) is 4.20. The molecule has 0 amide bonds. The van der Waals surface area contributed by atoms with Crippen molar-refractivity contribution in [2.45, 2.75) is 12.8 Å². The molecular formula is C7H17N2O2S+. The van der Waals surface area contributed by atoms with Crippen LogP contribution in [-0.4, -0.2) is 34.3 Å². The molecule has 1 saturated heterocycles. The van der Waals surface area contributed by atoms with Crippen LogP contribution in [-0.2, 0) is 10.0 Å². The highest BCUT2D eigenvalue weighted by molar-refractivity contribution is 7.88. The van der Waals surface area contributed by atoms with Crippen LogP contribution in [0.5, 0.6) is 0 Å². The van der Waals surface area contributed by atoms with E-state index in [2.05, 4.69) is 10.0 Å². The van der Waals surface area contributed by atoms with Gasteiger partial charge in [-0.2, -0.15) is 0 Å². The maximum absolute atomic E-state index is 10.8. The smallest absolute Gasteiger partial charge is 0.208 e. The molecule has 1 aliphatic heterocycles. The molecule has 5 heteroatoms. The number of piperidine rings is 1. The predicted octanol–water partition coefficient (Wildman–Crippen LogP) is -1.49. The third-order valence-corrected chi connectivity index (χ3v) is 2.85. The van der Waals surface area contributed by atoms with Crippen LogP contribution in [0.2, 0.25) is 0 Å². The molecule has 1 heterocycles. The van der Waals surface area contributed by atoms with Gasteiger partial charge >= 0.3 is 0 Å². The molecule has 0 radical (unpaired) electrons. The maximum atomic E-state index is 10.8. The van der Waals surface area contributed by atoms with Crippen molar-refractivity contribution in [1.29, 1.82) is 0 Å². The van der Waals surface area contributed by atoms with Gasteiger partial charge in [0.15, 0.2) is 0 Å². The molecule has 0 aromatic heterocycles. The number of sulfonamides is 1. The highest BCUT2D eigenvalue weighted by Gasteiger charge is 2.16. The summed E-state index contributed by atoms with van der Waals surface area (Å²) in [5, 5.41) is 2.25. The Hall–Kier alpha value is -0.130. The zero-order chi connectivity index (χ0) is 9.03. The van der Waals surface area contributed by atoms with Crippen LogP contribution in [0.1, 0.15) is 12.8 Å². The Morgan fingerprint density at radius 1 is 1.58 bits per heavy atom. The number of nitrogens with two attached hydrogens (primary N) is 1. The van der Waals surface area contributed by atoms with Crippen molar-refractivity contribution in [3.8, 4) is 0 Å². The van der Waals surface area contributed by atoms with Gasteiger partial charge in [-0.15, -0.1) is 0 Å². The van der Waals surface area contributed by atoms with E-state index in [4.69, 9.17) is 0 Å². The van der Waals surface area contributed by atoms with E-state index in [1.807, 2.05) is 0 Å². The maximum Gasteiger partial charge on any atom is 0.208 e. The first-order valence-electron chi connectivity index (χ1n) is 4.34. The van der Waals surface area contributed by atoms with Crippen LogP contribution in [0.25, 0.3) is 0 Å². The summed E-state index contributed by atoms with van der Waals surface area (Å²) in [7, 11) is -2.99. The molecule has 1 fully saturated rings. The summed E-state index contributed by atoms with van der Waals surface area (Å²) in [6.45, 7) is 2.85. The van der Waals surface area contributed by atoms with Crippen molar-refractivity contribution in [3.63, 3.8) is 0 Å². The Labute approximate surface area is 73.8 Å². The fraction of sp³-hybridized carbons (Fsp3) is 1.00. The van der Waals surface area contributed by atoms with Gasteiger partial charge < -0.3 is 5.32 Å². The van der Waals surface area contributed by atoms with Gasteiger partial charge in [0.2, 0.25) is 10.0 Å². The second-order valence-electron chi connectivity index (χ2n) is 3.44. The van der Waals surface area contributed by atoms with Crippen LogP contribution < -0.4 is 10.0 Å². The van der Waals surface area contributed by atoms with Gasteiger partial charge in [-0.05, 0) is 12.8 Å². The number of hydrogen-bond donors (Lipinski definition) is 2. The number of quaternary nitrogens is 1. The molecule has 0 aliphatic carbocycles. The van der Waals surface area contributed by atoms with Gasteiger partial charge in [0, 0.05) is 12.5 Å². The zero-order valence-electron chi connectivity index (χ0n) is 7.41. The van der Waals surface area contributed by atoms with Gasteiger partial charge in [-0.25, -0.2) is 13.1 Å². The van der Waals surface area contributed by atoms with Crippen LogP contribution in [0.4, 0.5) is 0 Å². The van der Waals surface area contributed by atoms with E-state index < -0.39 is 10.0 Å². The SMILES string of the molecule is CS(=O)(=O)NC[C@H]1CCC[NH2+]C1. The molecule has 1 atom stereocenters. The van der Waals surface area contributed by atoms with E-state index in [-0.39, 0.29) is 0 Å². The summed E-state index contributed by atoms with van der Waals surface area (Å²) in [5.74, 6) is 0.522. The Morgan fingerprint density at radius 2 is 2.33 bits per heavy atom. The third kappa shape index (κ3) is 4.04. The standard InChI is InChI=1S/C7H16N2O2S/c1-12(10,11)9-6-7-3-2-4-8-5-7/h7-9H,2-6H2,1H3/p+1/t7-/m0/s1. The molecule has 0 saturated carbocycles. The van der Waals surface area contributed by atoms with E-state index in [0.29, 0.717) is 12.5 Å². The van der Waals surface area contributed by atoms with Crippen LogP contribution in [0.15, 0.2) is 0 Å². The van der Waals surface area contributed by atoms with Crippen LogP contribution >= 0.6 is 0 Å². The fourth-order valence-corrected chi connectivity index (χ4v) is 2.02. The number of hydrogen-bond acceptors (Lipinski definition) is 2. The van der Waals surface area contributed by atoms with Crippen molar-refractivity contribution < 1.29 is 13.7 Å². The van der Waals surface area contributed by atoms with Crippen molar-refractivity contribution in [2.75, 3.05) is 25.9 Å². The van der Waals surface area contributed by atoms with E-state index in [0.717, 1.165) is 13.0 Å². The number of nitrogens with one attached hydrogen (secondary N) is 1. The topological polar surface area (TPSA) is 62.8 Å². The first-order chi connectivity index (χ1) is 5.58. The third-order valence-electron chi connectivity index (χ3n) is 2.15. The summed E-state index contributed by atoms with van der Waals surface area (Å²) in [6.07, 6.45) is 3.56. The molecule has 4 nitrogen and oxygen atoms in total. The summed E-state index contributed by atoms with van der Waals surface area (Å²) < 4.78 is 24.0. The molecule has 0 spiro atoms. The Bertz CT molecular complexity index is 220. The largest absolute Gasteiger partial charge is 0.346 e. The molecule has 1 aliphatic rings. The van der Waals surface area contributed by atoms with Crippen LogP contribution in [0, 0.1) is 5.92 Å². The Morgan fingerprint density at radius 3 is 2.83 bits per heavy atom. The fourth-order valence-electron chi connectivity index (χ4n) is 1.48. The minimum atomic E-state index is -2.99. The first-order valence-corrected chi connectivity index (χ1v) is 6.23. The van der Waals surface area contributed by atoms with E-state index in [1.54, 1.807) is 0 Å². The molecule has 0 aromatic rings. The molecule has 3 N–H and O–H groups in total. The Kier molecular flexibility index (Phi) is 3.49. The van der Waals surface area contributed by atoms with Crippen molar-refractivity contribution in [2.24, 2.45) is 5.92 Å². The minimum Gasteiger partial charge on any atom is -0.346 e. The lowest BCUT2D eigenvalue weighted by Gasteiger charge is -2.19. The molecule has 1 rings (SSSR count). The minimum absolute atomic E-state index is 0.522. The van der Waals surface area contributed by atoms with Crippen molar-refractivity contribution in [3.05, 3.63) is 0 Å². The molecular weight excluding hydrogens is 176 g/mol. The average molecular weight is 193 g/mol. The Balaban J connectivity index is 2.22. The van der Waals surface area contributed by atoms with Gasteiger partial charge in [0.25, 0.3) is 0 Å². The highest BCUT2D eigenvalue weighted by atomic mass is 32.2. The normalized spacial score (nSPS) is 25.6. The molecule has 72 valence electrons. The van der Waals surface area contributed by atoms with Gasteiger partial charge in [-0.1, -0.05) is 0 Å². The van der Waals surface area contributed by atoms with E-state index in [1.165, 1.54) is 19.2 Å². The van der Waals surface area contributed by atoms with E-state index >= 15 is 0 Å². The molecule has 0 aromatic carbocycles. The van der Waals surface area contributed by atoms with Crippen molar-refractivity contribution >= 4 is 10.0 Å². The van der Waals surface area contributed by atoms with Crippen molar-refractivity contribution in [1.82, 2.24) is 4.72 Å². The quantitative estimate of drug-likeness (QED) is 0.573. The number of rotatable bonds is 3. The lowest BCUT2D eigenvalue weighted by molar-refractivity contribution is -0.668. The van der Waals surface area contributed by atoms with Gasteiger partial charge in [0.05, 0.1) is 19.3 Å². The predicted molar refractivity (Wildman–Crippen MR) is 47.2 cm³/mol. The summed E-state index contributed by atoms with van der Waals surface area (Å²) in [6, 6.07) is 0. The van der Waals surface area contributed by atoms with Crippen LogP contribution in [0.3, 0.4) is 0 Å². The van der Waals surface area contributed by atoms with Gasteiger partial charge in [0.1, 0.15) is 0 Å². The lowest BCUT2D eigenvalue weighted by Crippen LogP contribution is -2.87. The van der Waals surface area contributed by atoms with Gasteiger partial charge in [-0.3, -0.25) is 0 Å². The summed E-state index contributed by atoms with van der Waals surface area (Å²) in [4.78, 5) is 0. The molecule has 0 bridgehead atoms. The summed E-state index contributed by atoms with van der Waals surface area (Å²) >= 11 is 0. The average Bonchev–Trinajstić information content (AvgIpc) is 2.02. The zero-order valence-corrected chi connectivity index (χ0v) is 8.23. The summed E-state index contributed by atoms with van der Waals surface area (Å²) in [5.41, 5.74) is 0. The second-order valence-corrected chi connectivity index (χ2v) is 5.27. The monoisotopic (exact) mass is 193 g/mol. The first kappa shape index (κ1) is 9.95. The lowest BCUT2D eigenvalue weighted by atomic mass is 10.0. The van der Waals surface area contributed by atoms with E-state index in [9.17, 15) is 8.42 Å². The molecule has 0 unspecified atom stereocenters. The highest BCUT2D eigenvalue weighted by Crippen LogP contribution is 2.04. The molecule has 12 heavy (non-hydrogen) atoms.